The van der Waals surface area contributed by atoms with E-state index in [1.54, 1.807) is 12.1 Å². The van der Waals surface area contributed by atoms with Crippen molar-refractivity contribution >= 4 is 34.5 Å². The summed E-state index contributed by atoms with van der Waals surface area (Å²) in [6.07, 6.45) is 0. The van der Waals surface area contributed by atoms with Gasteiger partial charge in [-0.1, -0.05) is 6.07 Å². The minimum atomic E-state index is -1.44. The summed E-state index contributed by atoms with van der Waals surface area (Å²) >= 11 is 2.13. The Kier molecular flexibility index (Phi) is 5.30. The van der Waals surface area contributed by atoms with Gasteiger partial charge in [0.05, 0.1) is 6.61 Å². The largest absolute Gasteiger partial charge is 0.479 e. The lowest BCUT2D eigenvalue weighted by atomic mass is 10.0. The van der Waals surface area contributed by atoms with Gasteiger partial charge in [0.1, 0.15) is 0 Å². The Bertz CT molecular complexity index is 503. The normalized spacial score (nSPS) is 13.7. The van der Waals surface area contributed by atoms with Crippen molar-refractivity contribution in [1.29, 1.82) is 0 Å². The number of carboxylic acid groups (broad SMARTS) is 1. The first-order valence-electron chi connectivity index (χ1n) is 5.61. The van der Waals surface area contributed by atoms with Crippen LogP contribution < -0.4 is 5.32 Å². The molecular weight excluding hydrogens is 361 g/mol. The maximum Gasteiger partial charge on any atom is 0.331 e. The third-order valence-electron chi connectivity index (χ3n) is 2.73. The SMILES string of the molecule is COCC(C)(NC(=O)c1ccc(C)c(I)c1)C(=O)O. The summed E-state index contributed by atoms with van der Waals surface area (Å²) in [5.74, 6) is -1.57. The molecule has 0 aromatic heterocycles. The van der Waals surface area contributed by atoms with E-state index < -0.39 is 17.4 Å². The highest BCUT2D eigenvalue weighted by Gasteiger charge is 2.35. The number of carbonyl (C=O) groups is 2. The van der Waals surface area contributed by atoms with Crippen LogP contribution in [0.5, 0.6) is 0 Å². The first kappa shape index (κ1) is 15.9. The molecule has 0 fully saturated rings. The lowest BCUT2D eigenvalue weighted by molar-refractivity contribution is -0.145. The number of carboxylic acids is 1. The fraction of sp³-hybridized carbons (Fsp3) is 0.385. The number of aliphatic carboxylic acids is 1. The fourth-order valence-corrected chi connectivity index (χ4v) is 2.01. The lowest BCUT2D eigenvalue weighted by Gasteiger charge is -2.25. The van der Waals surface area contributed by atoms with Crippen LogP contribution in [0.4, 0.5) is 0 Å². The molecule has 104 valence electrons. The summed E-state index contributed by atoms with van der Waals surface area (Å²) in [6, 6.07) is 5.22. The number of hydrogen-bond acceptors (Lipinski definition) is 3. The predicted octanol–water partition coefficient (Wildman–Crippen LogP) is 1.82. The Hall–Kier alpha value is -1.15. The number of methoxy groups -OCH3 is 1. The smallest absolute Gasteiger partial charge is 0.331 e. The Morgan fingerprint density at radius 1 is 1.47 bits per heavy atom. The maximum absolute atomic E-state index is 12.1. The van der Waals surface area contributed by atoms with E-state index in [1.165, 1.54) is 14.0 Å². The number of amides is 1. The number of rotatable bonds is 5. The van der Waals surface area contributed by atoms with Crippen LogP contribution in [0, 0.1) is 10.5 Å². The predicted molar refractivity (Wildman–Crippen MR) is 79.3 cm³/mol. The van der Waals surface area contributed by atoms with Gasteiger partial charge >= 0.3 is 5.97 Å². The molecule has 0 bridgehead atoms. The molecule has 5 nitrogen and oxygen atoms in total. The number of carbonyl (C=O) groups excluding carboxylic acids is 1. The number of benzene rings is 1. The minimum Gasteiger partial charge on any atom is -0.479 e. The summed E-state index contributed by atoms with van der Waals surface area (Å²) in [4.78, 5) is 23.3. The zero-order chi connectivity index (χ0) is 14.6. The van der Waals surface area contributed by atoms with Crippen molar-refractivity contribution in [2.24, 2.45) is 0 Å². The molecule has 1 atom stereocenters. The van der Waals surface area contributed by atoms with Gasteiger partial charge in [-0.05, 0) is 54.1 Å². The van der Waals surface area contributed by atoms with E-state index in [-0.39, 0.29) is 6.61 Å². The van der Waals surface area contributed by atoms with Crippen LogP contribution in [0.2, 0.25) is 0 Å². The molecule has 1 unspecified atom stereocenters. The summed E-state index contributed by atoms with van der Waals surface area (Å²) in [5, 5.41) is 11.7. The highest BCUT2D eigenvalue weighted by Crippen LogP contribution is 2.14. The summed E-state index contributed by atoms with van der Waals surface area (Å²) < 4.78 is 5.80. The van der Waals surface area contributed by atoms with Crippen molar-refractivity contribution in [3.63, 3.8) is 0 Å². The lowest BCUT2D eigenvalue weighted by Crippen LogP contribution is -2.55. The van der Waals surface area contributed by atoms with Crippen LogP contribution >= 0.6 is 22.6 Å². The van der Waals surface area contributed by atoms with Crippen LogP contribution in [0.25, 0.3) is 0 Å². The van der Waals surface area contributed by atoms with Gasteiger partial charge in [-0.2, -0.15) is 0 Å². The van der Waals surface area contributed by atoms with E-state index in [1.807, 2.05) is 13.0 Å². The number of hydrogen-bond donors (Lipinski definition) is 2. The quantitative estimate of drug-likeness (QED) is 0.768. The first-order valence-corrected chi connectivity index (χ1v) is 6.69. The van der Waals surface area contributed by atoms with Gasteiger partial charge in [-0.3, -0.25) is 4.79 Å². The highest BCUT2D eigenvalue weighted by atomic mass is 127. The Morgan fingerprint density at radius 2 is 2.11 bits per heavy atom. The van der Waals surface area contributed by atoms with Gasteiger partial charge in [0.2, 0.25) is 0 Å². The first-order chi connectivity index (χ1) is 8.80. The van der Waals surface area contributed by atoms with Gasteiger partial charge in [-0.25, -0.2) is 4.79 Å². The highest BCUT2D eigenvalue weighted by molar-refractivity contribution is 14.1. The molecular formula is C13H16INO4. The molecule has 19 heavy (non-hydrogen) atoms. The van der Waals surface area contributed by atoms with Crippen molar-refractivity contribution < 1.29 is 19.4 Å². The third kappa shape index (κ3) is 3.90. The van der Waals surface area contributed by atoms with Gasteiger partial charge in [0.15, 0.2) is 5.54 Å². The van der Waals surface area contributed by atoms with Crippen LogP contribution in [0.1, 0.15) is 22.8 Å². The number of aryl methyl sites for hydroxylation is 1. The molecule has 1 rings (SSSR count). The monoisotopic (exact) mass is 377 g/mol. The zero-order valence-electron chi connectivity index (χ0n) is 11.0. The molecule has 0 saturated heterocycles. The number of ether oxygens (including phenoxy) is 1. The second-order valence-electron chi connectivity index (χ2n) is 4.49. The molecule has 6 heteroatoms. The average Bonchev–Trinajstić information content (AvgIpc) is 2.32. The van der Waals surface area contributed by atoms with Crippen LogP contribution in [0.15, 0.2) is 18.2 Å². The molecule has 0 aliphatic heterocycles. The third-order valence-corrected chi connectivity index (χ3v) is 3.89. The van der Waals surface area contributed by atoms with Crippen LogP contribution in [0.3, 0.4) is 0 Å². The van der Waals surface area contributed by atoms with Crippen molar-refractivity contribution in [2.75, 3.05) is 13.7 Å². The van der Waals surface area contributed by atoms with Crippen molar-refractivity contribution in [3.05, 3.63) is 32.9 Å². The summed E-state index contributed by atoms with van der Waals surface area (Å²) in [7, 11) is 1.39. The van der Waals surface area contributed by atoms with Crippen molar-refractivity contribution in [3.8, 4) is 0 Å². The summed E-state index contributed by atoms with van der Waals surface area (Å²) in [5.41, 5.74) is 0.0518. The van der Waals surface area contributed by atoms with Gasteiger partial charge < -0.3 is 15.2 Å². The Morgan fingerprint density at radius 3 is 2.58 bits per heavy atom. The number of halogens is 1. The maximum atomic E-state index is 12.1. The number of nitrogens with one attached hydrogen (secondary N) is 1. The Balaban J connectivity index is 2.94. The molecule has 1 aromatic carbocycles. The molecule has 1 aromatic rings. The molecule has 0 spiro atoms. The Labute approximate surface area is 125 Å². The minimum absolute atomic E-state index is 0.100. The zero-order valence-corrected chi connectivity index (χ0v) is 13.1. The van der Waals surface area contributed by atoms with Gasteiger partial charge in [0, 0.05) is 16.2 Å². The van der Waals surface area contributed by atoms with E-state index in [4.69, 9.17) is 9.84 Å². The molecule has 0 saturated carbocycles. The molecule has 2 N–H and O–H groups in total. The van der Waals surface area contributed by atoms with Crippen molar-refractivity contribution in [1.82, 2.24) is 5.32 Å². The molecule has 1 amide bonds. The standard InChI is InChI=1S/C13H16INO4/c1-8-4-5-9(6-10(8)14)11(16)15-13(2,7-19-3)12(17)18/h4-6H,7H2,1-3H3,(H,15,16)(H,17,18). The van der Waals surface area contributed by atoms with Crippen LogP contribution in [-0.4, -0.2) is 36.2 Å². The second kappa shape index (κ2) is 6.33. The van der Waals surface area contributed by atoms with Gasteiger partial charge in [0.25, 0.3) is 5.91 Å². The van der Waals surface area contributed by atoms with Crippen LogP contribution in [-0.2, 0) is 9.53 Å². The topological polar surface area (TPSA) is 75.6 Å². The summed E-state index contributed by atoms with van der Waals surface area (Å²) in [6.45, 7) is 3.25. The molecule has 0 heterocycles. The molecule has 0 aliphatic rings. The fourth-order valence-electron chi connectivity index (χ4n) is 1.50. The van der Waals surface area contributed by atoms with Gasteiger partial charge in [-0.15, -0.1) is 0 Å². The molecule has 0 aliphatic carbocycles. The average molecular weight is 377 g/mol. The second-order valence-corrected chi connectivity index (χ2v) is 5.65. The molecule has 0 radical (unpaired) electrons. The van der Waals surface area contributed by atoms with E-state index in [2.05, 4.69) is 27.9 Å². The van der Waals surface area contributed by atoms with E-state index >= 15 is 0 Å². The van der Waals surface area contributed by atoms with E-state index in [0.29, 0.717) is 5.56 Å². The van der Waals surface area contributed by atoms with Crippen molar-refractivity contribution in [2.45, 2.75) is 19.4 Å². The van der Waals surface area contributed by atoms with E-state index in [9.17, 15) is 9.59 Å². The van der Waals surface area contributed by atoms with E-state index in [0.717, 1.165) is 9.13 Å².